The highest BCUT2D eigenvalue weighted by Crippen LogP contribution is 2.33. The van der Waals surface area contributed by atoms with Gasteiger partial charge >= 0.3 is 5.69 Å². The summed E-state index contributed by atoms with van der Waals surface area (Å²) < 4.78 is 12.1. The number of aromatic amines is 1. The average Bonchev–Trinajstić information content (AvgIpc) is 2.60. The van der Waals surface area contributed by atoms with E-state index in [0.29, 0.717) is 6.61 Å². The lowest BCUT2D eigenvalue weighted by Gasteiger charge is -2.17. The molecule has 2 rings (SSSR count). The molecule has 0 aromatic carbocycles. The normalized spacial score (nSPS) is 28.5. The van der Waals surface area contributed by atoms with E-state index in [2.05, 4.69) is 14.5 Å². The van der Waals surface area contributed by atoms with Gasteiger partial charge in [0.15, 0.2) is 0 Å². The zero-order chi connectivity index (χ0) is 12.4. The zero-order valence-electron chi connectivity index (χ0n) is 9.46. The Morgan fingerprint density at radius 2 is 2.41 bits per heavy atom. The third-order valence-electron chi connectivity index (χ3n) is 2.86. The summed E-state index contributed by atoms with van der Waals surface area (Å²) in [4.78, 5) is 24.8. The van der Waals surface area contributed by atoms with Crippen LogP contribution in [0.1, 0.15) is 19.6 Å². The Hall–Kier alpha value is -0.970. The predicted octanol–water partition coefficient (Wildman–Crippen LogP) is 0.267. The lowest BCUT2D eigenvalue weighted by molar-refractivity contribution is -0.0273. The maximum absolute atomic E-state index is 11.6. The summed E-state index contributed by atoms with van der Waals surface area (Å²) in [5, 5.41) is 0. The first-order valence-corrected chi connectivity index (χ1v) is 5.87. The molecule has 94 valence electrons. The van der Waals surface area contributed by atoms with Crippen molar-refractivity contribution in [1.29, 1.82) is 0 Å². The van der Waals surface area contributed by atoms with Crippen molar-refractivity contribution in [3.63, 3.8) is 0 Å². The van der Waals surface area contributed by atoms with Gasteiger partial charge in [-0.15, -0.1) is 0 Å². The second-order valence-corrected chi connectivity index (χ2v) is 4.55. The molecule has 3 unspecified atom stereocenters. The van der Waals surface area contributed by atoms with Crippen molar-refractivity contribution in [3.05, 3.63) is 33.1 Å². The Morgan fingerprint density at radius 1 is 1.65 bits per heavy atom. The van der Waals surface area contributed by atoms with Crippen molar-refractivity contribution in [1.82, 2.24) is 9.55 Å². The van der Waals surface area contributed by atoms with Crippen molar-refractivity contribution in [3.8, 4) is 0 Å². The van der Waals surface area contributed by atoms with Gasteiger partial charge in [0, 0.05) is 27.6 Å². The van der Waals surface area contributed by atoms with Crippen LogP contribution in [0.3, 0.4) is 0 Å². The van der Waals surface area contributed by atoms with E-state index < -0.39 is 11.2 Å². The van der Waals surface area contributed by atoms with Crippen LogP contribution in [0.5, 0.6) is 0 Å². The Labute approximate surface area is 100 Å². The highest BCUT2D eigenvalue weighted by atomic mass is 31.0. The van der Waals surface area contributed by atoms with Gasteiger partial charge in [0.25, 0.3) is 5.56 Å². The van der Waals surface area contributed by atoms with Gasteiger partial charge in [0.1, 0.15) is 6.23 Å². The molecule has 4 atom stereocenters. The van der Waals surface area contributed by atoms with Gasteiger partial charge in [-0.2, -0.15) is 0 Å². The third kappa shape index (κ3) is 2.65. The predicted molar refractivity (Wildman–Crippen MR) is 64.7 cm³/mol. The number of nitrogens with one attached hydrogen (secondary N) is 1. The standard InChI is InChI=1S/C10H15N2O4P/c1-6-4-7(5-15-17)16-9(6)12-3-2-8(13)11-10(12)14/h2-3,6-7,9H,4-5,17H2,1H3,(H,11,13,14)/t6-,7?,9?/m0/s1. The zero-order valence-corrected chi connectivity index (χ0v) is 10.6. The second kappa shape index (κ2) is 5.12. The summed E-state index contributed by atoms with van der Waals surface area (Å²) in [5.74, 6) is 0.198. The third-order valence-corrected chi connectivity index (χ3v) is 3.05. The molecule has 7 heteroatoms. The van der Waals surface area contributed by atoms with E-state index in [9.17, 15) is 9.59 Å². The molecule has 0 saturated carbocycles. The van der Waals surface area contributed by atoms with Crippen LogP contribution in [-0.4, -0.2) is 22.3 Å². The molecule has 1 aromatic rings. The smallest absolute Gasteiger partial charge is 0.330 e. The first kappa shape index (κ1) is 12.5. The topological polar surface area (TPSA) is 73.3 Å². The van der Waals surface area contributed by atoms with E-state index in [1.165, 1.54) is 16.8 Å². The Balaban J connectivity index is 2.23. The number of hydrogen-bond acceptors (Lipinski definition) is 4. The molecular formula is C10H15N2O4P. The van der Waals surface area contributed by atoms with Gasteiger partial charge in [-0.25, -0.2) is 4.79 Å². The van der Waals surface area contributed by atoms with Crippen LogP contribution in [0, 0.1) is 5.92 Å². The molecule has 1 aliphatic heterocycles. The number of rotatable bonds is 3. The number of hydrogen-bond donors (Lipinski definition) is 1. The Kier molecular flexibility index (Phi) is 3.76. The maximum atomic E-state index is 11.6. The fourth-order valence-electron chi connectivity index (χ4n) is 2.10. The molecule has 1 aliphatic rings. The van der Waals surface area contributed by atoms with Crippen molar-refractivity contribution in [2.24, 2.45) is 5.92 Å². The van der Waals surface area contributed by atoms with Crippen LogP contribution in [0.4, 0.5) is 0 Å². The highest BCUT2D eigenvalue weighted by molar-refractivity contribution is 7.09. The lowest BCUT2D eigenvalue weighted by atomic mass is 10.1. The fraction of sp³-hybridized carbons (Fsp3) is 0.600. The maximum Gasteiger partial charge on any atom is 0.330 e. The van der Waals surface area contributed by atoms with Gasteiger partial charge < -0.3 is 9.26 Å². The van der Waals surface area contributed by atoms with Crippen molar-refractivity contribution in [2.45, 2.75) is 25.7 Å². The van der Waals surface area contributed by atoms with Crippen LogP contribution in [0.25, 0.3) is 0 Å². The van der Waals surface area contributed by atoms with E-state index in [-0.39, 0.29) is 18.2 Å². The summed E-state index contributed by atoms with van der Waals surface area (Å²) in [6.07, 6.45) is 1.92. The molecule has 0 bridgehead atoms. The van der Waals surface area contributed by atoms with Crippen molar-refractivity contribution in [2.75, 3.05) is 6.61 Å². The van der Waals surface area contributed by atoms with Gasteiger partial charge in [0.05, 0.1) is 12.7 Å². The summed E-state index contributed by atoms with van der Waals surface area (Å²) in [6, 6.07) is 1.32. The van der Waals surface area contributed by atoms with Crippen molar-refractivity contribution >= 4 is 9.47 Å². The van der Waals surface area contributed by atoms with Gasteiger partial charge in [-0.05, 0) is 6.42 Å². The SMILES string of the molecule is C[C@H]1CC(COP)OC1n1ccc(=O)[nH]c1=O. The quantitative estimate of drug-likeness (QED) is 0.790. The monoisotopic (exact) mass is 258 g/mol. The molecule has 1 saturated heterocycles. The molecule has 2 heterocycles. The minimum atomic E-state index is -0.443. The van der Waals surface area contributed by atoms with E-state index in [4.69, 9.17) is 9.26 Å². The molecule has 0 spiro atoms. The molecule has 1 fully saturated rings. The van der Waals surface area contributed by atoms with Crippen LogP contribution in [0.2, 0.25) is 0 Å². The first-order chi connectivity index (χ1) is 8.11. The molecule has 1 aromatic heterocycles. The summed E-state index contributed by atoms with van der Waals surface area (Å²) in [6.45, 7) is 2.48. The molecule has 0 amide bonds. The molecule has 0 aliphatic carbocycles. The summed E-state index contributed by atoms with van der Waals surface area (Å²) >= 11 is 0. The van der Waals surface area contributed by atoms with Crippen LogP contribution >= 0.6 is 9.47 Å². The van der Waals surface area contributed by atoms with Gasteiger partial charge in [0.2, 0.25) is 0 Å². The largest absolute Gasteiger partial charge is 0.363 e. The molecule has 0 radical (unpaired) electrons. The number of nitrogens with zero attached hydrogens (tertiary/aromatic N) is 1. The summed E-state index contributed by atoms with van der Waals surface area (Å²) in [7, 11) is 2.18. The van der Waals surface area contributed by atoms with Gasteiger partial charge in [-0.1, -0.05) is 6.92 Å². The molecule has 17 heavy (non-hydrogen) atoms. The highest BCUT2D eigenvalue weighted by Gasteiger charge is 2.33. The van der Waals surface area contributed by atoms with E-state index >= 15 is 0 Å². The first-order valence-electron chi connectivity index (χ1n) is 5.40. The molecular weight excluding hydrogens is 243 g/mol. The number of ether oxygens (including phenoxy) is 1. The minimum absolute atomic E-state index is 0.0219. The van der Waals surface area contributed by atoms with Crippen LogP contribution in [0.15, 0.2) is 21.9 Å². The van der Waals surface area contributed by atoms with Crippen LogP contribution in [-0.2, 0) is 9.26 Å². The molecule has 1 N–H and O–H groups in total. The number of H-pyrrole nitrogens is 1. The van der Waals surface area contributed by atoms with E-state index in [1.807, 2.05) is 6.92 Å². The van der Waals surface area contributed by atoms with Gasteiger partial charge in [-0.3, -0.25) is 14.3 Å². The molecule has 6 nitrogen and oxygen atoms in total. The minimum Gasteiger partial charge on any atom is -0.363 e. The second-order valence-electron chi connectivity index (χ2n) is 4.21. The fourth-order valence-corrected chi connectivity index (χ4v) is 2.31. The Bertz CT molecular complexity index is 498. The van der Waals surface area contributed by atoms with Crippen LogP contribution < -0.4 is 11.2 Å². The Morgan fingerprint density at radius 3 is 3.06 bits per heavy atom. The van der Waals surface area contributed by atoms with E-state index in [0.717, 1.165) is 6.42 Å². The summed E-state index contributed by atoms with van der Waals surface area (Å²) in [5.41, 5.74) is -0.844. The van der Waals surface area contributed by atoms with Crippen molar-refractivity contribution < 1.29 is 9.26 Å². The lowest BCUT2D eigenvalue weighted by Crippen LogP contribution is -2.33. The average molecular weight is 258 g/mol. The number of aromatic nitrogens is 2. The van der Waals surface area contributed by atoms with E-state index in [1.54, 1.807) is 0 Å².